The van der Waals surface area contributed by atoms with Crippen molar-refractivity contribution in [3.05, 3.63) is 70.5 Å². The van der Waals surface area contributed by atoms with E-state index in [2.05, 4.69) is 50.7 Å². The number of rotatable bonds is 4. The van der Waals surface area contributed by atoms with Gasteiger partial charge in [-0.05, 0) is 66.4 Å². The third-order valence-electron chi connectivity index (χ3n) is 6.81. The zero-order valence-corrected chi connectivity index (χ0v) is 19.8. The molecule has 34 heavy (non-hydrogen) atoms. The van der Waals surface area contributed by atoms with E-state index in [0.29, 0.717) is 29.0 Å². The molecule has 1 saturated heterocycles. The van der Waals surface area contributed by atoms with Crippen molar-refractivity contribution in [2.45, 2.75) is 13.0 Å². The fourth-order valence-electron chi connectivity index (χ4n) is 4.92. The van der Waals surface area contributed by atoms with E-state index in [9.17, 15) is 0 Å². The predicted octanol–water partition coefficient (Wildman–Crippen LogP) is 4.33. The Morgan fingerprint density at radius 3 is 2.68 bits per heavy atom. The normalized spacial score (nSPS) is 18.4. The summed E-state index contributed by atoms with van der Waals surface area (Å²) in [7, 11) is 1.99. The molecule has 5 rings (SSSR count). The molecule has 3 heterocycles. The Hall–Kier alpha value is -3.60. The summed E-state index contributed by atoms with van der Waals surface area (Å²) in [5.74, 6) is 1.21. The molecule has 1 fully saturated rings. The van der Waals surface area contributed by atoms with Crippen molar-refractivity contribution in [2.24, 2.45) is 21.9 Å². The number of benzene rings is 2. The second-order valence-corrected chi connectivity index (χ2v) is 9.14. The maximum atomic E-state index is 9.14. The average Bonchev–Trinajstić information content (AvgIpc) is 3.45. The molecule has 0 spiro atoms. The van der Waals surface area contributed by atoms with Gasteiger partial charge in [0, 0.05) is 43.8 Å². The van der Waals surface area contributed by atoms with Crippen molar-refractivity contribution < 1.29 is 0 Å². The van der Waals surface area contributed by atoms with E-state index in [-0.39, 0.29) is 0 Å². The molecule has 2 N–H and O–H groups in total. The number of nitriles is 1. The SMILES string of the molecule is C=N/N=C1/c2cc(-c3ccc(C#N)cc3)c(Cl)n2Cc2cc(N3CC[C@@H](CN)C3)ccc2N1C. The van der Waals surface area contributed by atoms with Crippen LogP contribution in [0.5, 0.6) is 0 Å². The van der Waals surface area contributed by atoms with Crippen LogP contribution in [-0.2, 0) is 6.54 Å². The van der Waals surface area contributed by atoms with E-state index in [1.54, 1.807) is 12.1 Å². The lowest BCUT2D eigenvalue weighted by atomic mass is 10.1. The Labute approximate surface area is 204 Å². The molecule has 0 radical (unpaired) electrons. The molecule has 1 aromatic heterocycles. The highest BCUT2D eigenvalue weighted by Crippen LogP contribution is 2.38. The molecule has 0 aliphatic carbocycles. The standard InChI is InChI=1S/C26H26ClN7/c1-30-31-26-24-12-22(19-5-3-17(13-28)4-6-19)25(27)34(24)16-20-11-21(7-8-23(20)32(26)2)33-10-9-18(14-29)15-33/h3-8,11-12,18H,1,9-10,14-16,29H2,2H3/b31-26-/t18-/m0/s1. The summed E-state index contributed by atoms with van der Waals surface area (Å²) in [5, 5.41) is 18.0. The fourth-order valence-corrected chi connectivity index (χ4v) is 5.23. The first-order chi connectivity index (χ1) is 16.5. The van der Waals surface area contributed by atoms with E-state index >= 15 is 0 Å². The monoisotopic (exact) mass is 471 g/mol. The van der Waals surface area contributed by atoms with Crippen molar-refractivity contribution in [1.82, 2.24) is 4.57 Å². The van der Waals surface area contributed by atoms with Gasteiger partial charge >= 0.3 is 0 Å². The number of hydrogen-bond acceptors (Lipinski definition) is 5. The zero-order valence-electron chi connectivity index (χ0n) is 19.1. The minimum absolute atomic E-state index is 0.541. The van der Waals surface area contributed by atoms with Crippen molar-refractivity contribution in [3.8, 4) is 17.2 Å². The Morgan fingerprint density at radius 2 is 2.00 bits per heavy atom. The largest absolute Gasteiger partial charge is 0.371 e. The first kappa shape index (κ1) is 22.2. The number of fused-ring (bicyclic) bond motifs is 2. The van der Waals surface area contributed by atoms with Gasteiger partial charge in [0.15, 0.2) is 5.84 Å². The van der Waals surface area contributed by atoms with Gasteiger partial charge in [0.1, 0.15) is 5.15 Å². The molecule has 172 valence electrons. The summed E-state index contributed by atoms with van der Waals surface area (Å²) in [6, 6.07) is 18.2. The van der Waals surface area contributed by atoms with Crippen LogP contribution in [0, 0.1) is 17.2 Å². The quantitative estimate of drug-likeness (QED) is 0.453. The fraction of sp³-hybridized carbons (Fsp3) is 0.269. The Morgan fingerprint density at radius 1 is 1.21 bits per heavy atom. The van der Waals surface area contributed by atoms with Gasteiger partial charge in [-0.2, -0.15) is 10.4 Å². The van der Waals surface area contributed by atoms with Crippen LogP contribution in [0.3, 0.4) is 0 Å². The molecular formula is C26H26ClN7. The van der Waals surface area contributed by atoms with Gasteiger partial charge < -0.3 is 20.1 Å². The van der Waals surface area contributed by atoms with E-state index in [1.165, 1.54) is 5.69 Å². The predicted molar refractivity (Wildman–Crippen MR) is 139 cm³/mol. The number of anilines is 2. The topological polar surface area (TPSA) is 85.9 Å². The van der Waals surface area contributed by atoms with Gasteiger partial charge in [-0.1, -0.05) is 23.7 Å². The first-order valence-electron chi connectivity index (χ1n) is 11.3. The minimum atomic E-state index is 0.541. The molecule has 0 bridgehead atoms. The number of nitrogens with two attached hydrogens (primary N) is 1. The molecule has 2 aromatic carbocycles. The van der Waals surface area contributed by atoms with Crippen LogP contribution >= 0.6 is 11.6 Å². The van der Waals surface area contributed by atoms with Crippen molar-refractivity contribution in [3.63, 3.8) is 0 Å². The summed E-state index contributed by atoms with van der Waals surface area (Å²) in [6.07, 6.45) is 1.12. The van der Waals surface area contributed by atoms with Gasteiger partial charge in [0.25, 0.3) is 0 Å². The summed E-state index contributed by atoms with van der Waals surface area (Å²) in [4.78, 5) is 4.45. The van der Waals surface area contributed by atoms with Crippen LogP contribution in [0.1, 0.15) is 23.2 Å². The van der Waals surface area contributed by atoms with Gasteiger partial charge in [-0.25, -0.2) is 0 Å². The van der Waals surface area contributed by atoms with Crippen LogP contribution in [0.4, 0.5) is 11.4 Å². The Kier molecular flexibility index (Phi) is 5.86. The van der Waals surface area contributed by atoms with Gasteiger partial charge in [-0.3, -0.25) is 0 Å². The van der Waals surface area contributed by atoms with Crippen molar-refractivity contribution >= 4 is 35.5 Å². The summed E-state index contributed by atoms with van der Waals surface area (Å²) < 4.78 is 2.07. The molecule has 2 aliphatic rings. The highest BCUT2D eigenvalue weighted by Gasteiger charge is 2.28. The summed E-state index contributed by atoms with van der Waals surface area (Å²) >= 11 is 6.96. The number of halogens is 1. The molecule has 7 nitrogen and oxygen atoms in total. The second kappa shape index (κ2) is 8.98. The first-order valence-corrected chi connectivity index (χ1v) is 11.7. The maximum Gasteiger partial charge on any atom is 0.179 e. The number of aromatic nitrogens is 1. The lowest BCUT2D eigenvalue weighted by Crippen LogP contribution is -2.27. The smallest absolute Gasteiger partial charge is 0.179 e. The molecule has 8 heteroatoms. The van der Waals surface area contributed by atoms with E-state index in [0.717, 1.165) is 54.1 Å². The Bertz CT molecular complexity index is 1320. The number of nitrogens with zero attached hydrogens (tertiary/aromatic N) is 6. The minimum Gasteiger partial charge on any atom is -0.371 e. The molecule has 1 atom stereocenters. The van der Waals surface area contributed by atoms with Crippen LogP contribution in [0.15, 0.2) is 58.7 Å². The van der Waals surface area contributed by atoms with E-state index in [4.69, 9.17) is 22.6 Å². The highest BCUT2D eigenvalue weighted by atomic mass is 35.5. The third-order valence-corrected chi connectivity index (χ3v) is 7.21. The molecule has 2 aliphatic heterocycles. The summed E-state index contributed by atoms with van der Waals surface area (Å²) in [5.41, 5.74) is 12.6. The van der Waals surface area contributed by atoms with Gasteiger partial charge in [0.2, 0.25) is 0 Å². The van der Waals surface area contributed by atoms with Crippen LogP contribution in [0.25, 0.3) is 11.1 Å². The van der Waals surface area contributed by atoms with Crippen LogP contribution in [0.2, 0.25) is 5.15 Å². The average molecular weight is 472 g/mol. The molecule has 0 saturated carbocycles. The third kappa shape index (κ3) is 3.75. The molecule has 0 amide bonds. The molecule has 0 unspecified atom stereocenters. The number of amidine groups is 1. The lowest BCUT2D eigenvalue weighted by molar-refractivity contribution is 0.602. The zero-order chi connectivity index (χ0) is 23.8. The second-order valence-electron chi connectivity index (χ2n) is 8.78. The van der Waals surface area contributed by atoms with E-state index < -0.39 is 0 Å². The molecule has 3 aromatic rings. The van der Waals surface area contributed by atoms with Gasteiger partial charge in [0.05, 0.1) is 23.9 Å². The number of hydrogen-bond donors (Lipinski definition) is 1. The summed E-state index contributed by atoms with van der Waals surface area (Å²) in [6.45, 7) is 6.90. The van der Waals surface area contributed by atoms with Gasteiger partial charge in [-0.15, -0.1) is 5.10 Å². The maximum absolute atomic E-state index is 9.14. The highest BCUT2D eigenvalue weighted by molar-refractivity contribution is 6.33. The van der Waals surface area contributed by atoms with Crippen LogP contribution in [-0.4, -0.2) is 43.8 Å². The Balaban J connectivity index is 1.60. The van der Waals surface area contributed by atoms with Crippen molar-refractivity contribution in [1.29, 1.82) is 5.26 Å². The van der Waals surface area contributed by atoms with Crippen molar-refractivity contribution in [2.75, 3.05) is 36.5 Å². The lowest BCUT2D eigenvalue weighted by Gasteiger charge is -2.23. The van der Waals surface area contributed by atoms with Crippen LogP contribution < -0.4 is 15.5 Å². The molecular weight excluding hydrogens is 446 g/mol. The van der Waals surface area contributed by atoms with E-state index in [1.807, 2.05) is 30.1 Å².